The number of rotatable bonds is 13. The van der Waals surface area contributed by atoms with Crippen LogP contribution < -0.4 is 25.8 Å². The lowest BCUT2D eigenvalue weighted by Crippen LogP contribution is -2.55. The molecule has 0 bridgehead atoms. The Morgan fingerprint density at radius 3 is 2.50 bits per heavy atom. The monoisotopic (exact) mass is 906 g/mol. The Morgan fingerprint density at radius 1 is 1.02 bits per heavy atom. The van der Waals surface area contributed by atoms with E-state index in [4.69, 9.17) is 24.7 Å². The number of nitrogens with one attached hydrogen (secondary N) is 2. The summed E-state index contributed by atoms with van der Waals surface area (Å²) < 4.78 is 37.8. The number of nitrogens with zero attached hydrogens (tertiary/aromatic N) is 3. The van der Waals surface area contributed by atoms with Gasteiger partial charge < -0.3 is 45.3 Å². The van der Waals surface area contributed by atoms with Crippen molar-refractivity contribution in [3.63, 3.8) is 0 Å². The summed E-state index contributed by atoms with van der Waals surface area (Å²) in [5, 5.41) is 16.7. The number of hydrogen-bond acceptors (Lipinski definition) is 11. The number of benzene rings is 2. The van der Waals surface area contributed by atoms with Crippen LogP contribution in [0.15, 0.2) is 42.6 Å². The van der Waals surface area contributed by atoms with Crippen molar-refractivity contribution in [2.24, 2.45) is 23.5 Å². The highest BCUT2D eigenvalue weighted by Gasteiger charge is 2.43. The number of amides is 4. The van der Waals surface area contributed by atoms with Gasteiger partial charge in [0.2, 0.25) is 11.8 Å². The molecule has 4 amide bonds. The van der Waals surface area contributed by atoms with Crippen molar-refractivity contribution in [1.82, 2.24) is 25.4 Å². The number of alkyl halides is 1. The SMILES string of the molecule is CC[C@@H]1[C@H](F)C(=O)N[C@@H]1COc1ncc(C#C[C@H]2CC[C@H](CN3CCC(OCCC#Cc4ccc([C@H]5CN(C6CCC(=O)NC6O)C(=O)O5)cc4)CC3)CC2)c2cc(C(N)=O)c(OC)cc12. The molecule has 16 heteroatoms. The first kappa shape index (κ1) is 46.6. The zero-order valence-corrected chi connectivity index (χ0v) is 37.6. The molecule has 8 rings (SSSR count). The number of aliphatic hydroxyl groups is 1. The molecule has 4 saturated heterocycles. The lowest BCUT2D eigenvalue weighted by molar-refractivity contribution is -0.129. The summed E-state index contributed by atoms with van der Waals surface area (Å²) in [6.45, 7) is 5.86. The van der Waals surface area contributed by atoms with Gasteiger partial charge in [-0.15, -0.1) is 0 Å². The fourth-order valence-corrected chi connectivity index (χ4v) is 9.95. The normalized spacial score (nSPS) is 27.0. The van der Waals surface area contributed by atoms with Gasteiger partial charge >= 0.3 is 6.09 Å². The van der Waals surface area contributed by atoms with Crippen molar-refractivity contribution in [3.8, 4) is 35.3 Å². The van der Waals surface area contributed by atoms with Gasteiger partial charge in [-0.3, -0.25) is 19.3 Å². The second-order valence-corrected chi connectivity index (χ2v) is 18.0. The molecule has 1 aliphatic carbocycles. The maximum Gasteiger partial charge on any atom is 0.410 e. The highest BCUT2D eigenvalue weighted by atomic mass is 19.1. The zero-order chi connectivity index (χ0) is 46.3. The van der Waals surface area contributed by atoms with Crippen LogP contribution in [0.25, 0.3) is 10.8 Å². The number of cyclic esters (lactones) is 1. The Kier molecular flexibility index (Phi) is 14.9. The van der Waals surface area contributed by atoms with Crippen molar-refractivity contribution in [1.29, 1.82) is 0 Å². The maximum absolute atomic E-state index is 14.4. The predicted molar refractivity (Wildman–Crippen MR) is 242 cm³/mol. The number of aromatic nitrogens is 1. The van der Waals surface area contributed by atoms with Crippen LogP contribution in [0.2, 0.25) is 0 Å². The first-order valence-corrected chi connectivity index (χ1v) is 23.2. The number of primary amides is 1. The second kappa shape index (κ2) is 21.1. The molecule has 2 aromatic carbocycles. The molecule has 2 unspecified atom stereocenters. The van der Waals surface area contributed by atoms with Crippen molar-refractivity contribution >= 4 is 34.6 Å². The number of pyridine rings is 1. The van der Waals surface area contributed by atoms with E-state index in [0.29, 0.717) is 54.7 Å². The number of ether oxygens (including phenoxy) is 4. The van der Waals surface area contributed by atoms with E-state index in [0.717, 1.165) is 69.3 Å². The van der Waals surface area contributed by atoms with Crippen LogP contribution >= 0.6 is 0 Å². The lowest BCUT2D eigenvalue weighted by Gasteiger charge is -2.36. The number of likely N-dealkylation sites (tertiary alicyclic amines) is 1. The van der Waals surface area contributed by atoms with Crippen molar-refractivity contribution < 1.29 is 47.6 Å². The number of carbonyl (C=O) groups excluding carboxylic acids is 4. The largest absolute Gasteiger partial charge is 0.496 e. The van der Waals surface area contributed by atoms with Gasteiger partial charge in [-0.2, -0.15) is 0 Å². The molecule has 3 aromatic rings. The van der Waals surface area contributed by atoms with E-state index >= 15 is 0 Å². The van der Waals surface area contributed by atoms with Crippen molar-refractivity contribution in [2.45, 2.75) is 108 Å². The summed E-state index contributed by atoms with van der Waals surface area (Å²) in [5.74, 6) is 12.6. The molecule has 6 atom stereocenters. The number of aliphatic hydroxyl groups excluding tert-OH is 1. The van der Waals surface area contributed by atoms with Gasteiger partial charge in [0.1, 0.15) is 24.7 Å². The number of fused-ring (bicyclic) bond motifs is 1. The Morgan fingerprint density at radius 2 is 1.79 bits per heavy atom. The molecule has 1 saturated carbocycles. The fraction of sp³-hybridized carbons (Fsp3) is 0.540. The molecule has 0 radical (unpaired) electrons. The van der Waals surface area contributed by atoms with Crippen LogP contribution in [0.5, 0.6) is 11.6 Å². The van der Waals surface area contributed by atoms with Crippen molar-refractivity contribution in [3.05, 3.63) is 64.8 Å². The molecule has 66 heavy (non-hydrogen) atoms. The summed E-state index contributed by atoms with van der Waals surface area (Å²) in [6, 6.07) is 9.96. The van der Waals surface area contributed by atoms with Gasteiger partial charge in [-0.25, -0.2) is 14.2 Å². The third-order valence-corrected chi connectivity index (χ3v) is 13.8. The number of hydrogen-bond donors (Lipinski definition) is 4. The molecular weight excluding hydrogens is 848 g/mol. The summed E-state index contributed by atoms with van der Waals surface area (Å²) in [7, 11) is 1.45. The van der Waals surface area contributed by atoms with E-state index in [1.165, 1.54) is 12.0 Å². The van der Waals surface area contributed by atoms with Crippen LogP contribution in [0.1, 0.15) is 104 Å². The van der Waals surface area contributed by atoms with E-state index in [2.05, 4.69) is 44.2 Å². The number of halogens is 1. The van der Waals surface area contributed by atoms with Crippen LogP contribution in [-0.2, 0) is 19.1 Å². The Hall–Kier alpha value is -5.94. The summed E-state index contributed by atoms with van der Waals surface area (Å²) in [4.78, 5) is 57.2. The molecule has 5 heterocycles. The highest BCUT2D eigenvalue weighted by Crippen LogP contribution is 2.35. The van der Waals surface area contributed by atoms with E-state index < -0.39 is 54.4 Å². The minimum atomic E-state index is -1.58. The maximum atomic E-state index is 14.4. The van der Waals surface area contributed by atoms with Crippen LogP contribution in [0, 0.1) is 41.4 Å². The molecule has 350 valence electrons. The summed E-state index contributed by atoms with van der Waals surface area (Å²) >= 11 is 0. The molecule has 15 nitrogen and oxygen atoms in total. The number of methoxy groups -OCH3 is 1. The quantitative estimate of drug-likeness (QED) is 0.137. The van der Waals surface area contributed by atoms with Gasteiger partial charge in [0.15, 0.2) is 6.17 Å². The number of nitrogens with two attached hydrogens (primary N) is 1. The number of piperidine rings is 2. The first-order chi connectivity index (χ1) is 32.0. The van der Waals surface area contributed by atoms with Gasteiger partial charge in [0, 0.05) is 66.8 Å². The summed E-state index contributed by atoms with van der Waals surface area (Å²) in [5.41, 5.74) is 8.28. The van der Waals surface area contributed by atoms with Crippen LogP contribution in [0.4, 0.5) is 9.18 Å². The molecular formula is C50H59FN6O9. The molecule has 0 spiro atoms. The molecule has 4 aliphatic heterocycles. The average Bonchev–Trinajstić information content (AvgIpc) is 3.84. The van der Waals surface area contributed by atoms with E-state index in [1.54, 1.807) is 18.3 Å². The molecule has 5 fully saturated rings. The Bertz CT molecular complexity index is 2400. The minimum Gasteiger partial charge on any atom is -0.496 e. The highest BCUT2D eigenvalue weighted by molar-refractivity contribution is 6.03. The molecule has 5 aliphatic rings. The third-order valence-electron chi connectivity index (χ3n) is 13.8. The second-order valence-electron chi connectivity index (χ2n) is 18.0. The third kappa shape index (κ3) is 10.8. The molecule has 1 aromatic heterocycles. The zero-order valence-electron chi connectivity index (χ0n) is 37.6. The van der Waals surface area contributed by atoms with Gasteiger partial charge in [-0.1, -0.05) is 42.7 Å². The average molecular weight is 907 g/mol. The first-order valence-electron chi connectivity index (χ1n) is 23.2. The van der Waals surface area contributed by atoms with Gasteiger partial charge in [0.25, 0.3) is 11.8 Å². The van der Waals surface area contributed by atoms with Gasteiger partial charge in [-0.05, 0) is 87.1 Å². The summed E-state index contributed by atoms with van der Waals surface area (Å²) in [6.07, 6.45) is 6.17. The minimum absolute atomic E-state index is 0.0348. The molecule has 5 N–H and O–H groups in total. The van der Waals surface area contributed by atoms with E-state index in [1.807, 2.05) is 31.2 Å². The van der Waals surface area contributed by atoms with E-state index in [-0.39, 0.29) is 48.1 Å². The Labute approximate surface area is 384 Å². The Balaban J connectivity index is 0.761. The van der Waals surface area contributed by atoms with Crippen LogP contribution in [0.3, 0.4) is 0 Å². The smallest absolute Gasteiger partial charge is 0.410 e. The fourth-order valence-electron chi connectivity index (χ4n) is 9.95. The topological polar surface area (TPSA) is 195 Å². The van der Waals surface area contributed by atoms with E-state index in [9.17, 15) is 28.7 Å². The van der Waals surface area contributed by atoms with Crippen LogP contribution in [-0.4, -0.2) is 121 Å². The number of carbonyl (C=O) groups is 4. The predicted octanol–water partition coefficient (Wildman–Crippen LogP) is 4.75. The van der Waals surface area contributed by atoms with Gasteiger partial charge in [0.05, 0.1) is 49.6 Å². The van der Waals surface area contributed by atoms with Crippen molar-refractivity contribution in [2.75, 3.05) is 46.5 Å². The lowest BCUT2D eigenvalue weighted by atomic mass is 9.81. The standard InChI is InChI=1S/C50H59FN6O9/c1-3-36-40(54-48(61)45(36)51)29-65-49-38-25-42(63-2)39(46(52)59)24-37(38)34(26-53-49)16-13-31-7-9-32(10-8-31)27-56-21-19-35(20-22-56)64-23-5-4-6-30-11-14-33(15-12-30)43-28-57(50(62)66-43)41-17-18-44(58)55-47(41)60/h11-12,14-15,24-26,31-32,35-36,40-41,43,45,47,60H,3,5,7-10,17-23,27-29H2,1-2H3,(H2,52,59)(H,54,61)(H,55,58)/t31-,32-,36-,40+,41?,43+,45-,47?/m0/s1.